The highest BCUT2D eigenvalue weighted by Gasteiger charge is 2.53. The van der Waals surface area contributed by atoms with Crippen LogP contribution in [-0.2, 0) is 15.7 Å². The van der Waals surface area contributed by atoms with E-state index in [0.29, 0.717) is 6.07 Å². The van der Waals surface area contributed by atoms with Crippen LogP contribution in [0, 0.1) is 11.2 Å². The van der Waals surface area contributed by atoms with E-state index in [1.807, 2.05) is 0 Å². The van der Waals surface area contributed by atoms with Crippen LogP contribution in [0.1, 0.15) is 47.4 Å². The number of aromatic nitrogens is 4. The van der Waals surface area contributed by atoms with Crippen LogP contribution in [0.15, 0.2) is 48.9 Å². The summed E-state index contributed by atoms with van der Waals surface area (Å²) in [6, 6.07) is 2.66. The van der Waals surface area contributed by atoms with Gasteiger partial charge in [-0.05, 0) is 50.1 Å². The quantitative estimate of drug-likeness (QED) is 0.271. The maximum Gasteiger partial charge on any atom is 0.416 e. The molecule has 1 aromatic carbocycles. The molecule has 3 N–H and O–H groups in total. The van der Waals surface area contributed by atoms with E-state index >= 15 is 4.39 Å². The Hall–Kier alpha value is -4.80. The number of ether oxygens (including phenoxy) is 1. The van der Waals surface area contributed by atoms with Crippen LogP contribution in [0.25, 0.3) is 16.8 Å². The number of halogens is 7. The third-order valence-electron chi connectivity index (χ3n) is 8.37. The van der Waals surface area contributed by atoms with Gasteiger partial charge in [0.15, 0.2) is 0 Å². The van der Waals surface area contributed by atoms with Gasteiger partial charge in [0, 0.05) is 42.2 Å². The molecule has 0 unspecified atom stereocenters. The minimum Gasteiger partial charge on any atom is -0.382 e. The van der Waals surface area contributed by atoms with Gasteiger partial charge in [-0.1, -0.05) is 0 Å². The molecule has 0 aliphatic carbocycles. The van der Waals surface area contributed by atoms with E-state index in [1.165, 1.54) is 28.9 Å². The van der Waals surface area contributed by atoms with Crippen molar-refractivity contribution in [2.45, 2.75) is 44.1 Å². The SMILES string of the molecule is CC1(C(=O)N2C[C@H](c3nc(-c4ccc(C(=O)Nc5cc(C(F)(F)F)ccn5)cc4F)c4c(N)nccn34)CC[C@@H]2C(F)(F)F)COC1. The zero-order valence-electron chi connectivity index (χ0n) is 24.5. The molecule has 0 radical (unpaired) electrons. The predicted octanol–water partition coefficient (Wildman–Crippen LogP) is 5.46. The number of rotatable bonds is 5. The Balaban J connectivity index is 1.32. The number of benzene rings is 1. The average molecular weight is 666 g/mol. The first kappa shape index (κ1) is 32.2. The monoisotopic (exact) mass is 665 g/mol. The van der Waals surface area contributed by atoms with Crippen molar-refractivity contribution < 1.29 is 45.1 Å². The third kappa shape index (κ3) is 5.94. The molecule has 6 rings (SSSR count). The first-order chi connectivity index (χ1) is 22.1. The van der Waals surface area contributed by atoms with Crippen molar-refractivity contribution in [2.24, 2.45) is 5.41 Å². The molecule has 2 amide bonds. The normalized spacial score (nSPS) is 19.8. The molecule has 0 spiro atoms. The highest BCUT2D eigenvalue weighted by molar-refractivity contribution is 6.04. The molecule has 47 heavy (non-hydrogen) atoms. The van der Waals surface area contributed by atoms with Gasteiger partial charge in [-0.25, -0.2) is 19.3 Å². The van der Waals surface area contributed by atoms with E-state index in [2.05, 4.69) is 20.3 Å². The number of nitrogens with zero attached hydrogens (tertiary/aromatic N) is 5. The Morgan fingerprint density at radius 2 is 1.79 bits per heavy atom. The molecule has 4 aromatic rings. The predicted molar refractivity (Wildman–Crippen MR) is 152 cm³/mol. The number of nitrogen functional groups attached to an aromatic ring is 1. The lowest BCUT2D eigenvalue weighted by Gasteiger charge is -2.46. The Morgan fingerprint density at radius 3 is 2.43 bits per heavy atom. The number of hydrogen-bond donors (Lipinski definition) is 2. The summed E-state index contributed by atoms with van der Waals surface area (Å²) >= 11 is 0. The topological polar surface area (TPSA) is 128 Å². The van der Waals surface area contributed by atoms with Gasteiger partial charge in [0.25, 0.3) is 5.91 Å². The molecular weight excluding hydrogens is 639 g/mol. The number of hydrogen-bond acceptors (Lipinski definition) is 7. The van der Waals surface area contributed by atoms with Gasteiger partial charge < -0.3 is 20.7 Å². The van der Waals surface area contributed by atoms with Crippen molar-refractivity contribution in [3.63, 3.8) is 0 Å². The highest BCUT2D eigenvalue weighted by Crippen LogP contribution is 2.42. The van der Waals surface area contributed by atoms with Crippen LogP contribution in [0.5, 0.6) is 0 Å². The number of likely N-dealkylation sites (tertiary alicyclic amines) is 1. The fourth-order valence-electron chi connectivity index (χ4n) is 5.90. The molecule has 0 bridgehead atoms. The van der Waals surface area contributed by atoms with Crippen molar-refractivity contribution >= 4 is 29.0 Å². The van der Waals surface area contributed by atoms with Gasteiger partial charge in [-0.2, -0.15) is 26.3 Å². The summed E-state index contributed by atoms with van der Waals surface area (Å²) in [6.07, 6.45) is -6.02. The van der Waals surface area contributed by atoms with Crippen molar-refractivity contribution in [1.82, 2.24) is 24.3 Å². The molecule has 3 aromatic heterocycles. The van der Waals surface area contributed by atoms with Gasteiger partial charge in [-0.15, -0.1) is 0 Å². The minimum absolute atomic E-state index is 0.0000131. The second-order valence-corrected chi connectivity index (χ2v) is 11.8. The largest absolute Gasteiger partial charge is 0.416 e. The van der Waals surface area contributed by atoms with Crippen molar-refractivity contribution in [2.75, 3.05) is 30.8 Å². The van der Waals surface area contributed by atoms with E-state index in [4.69, 9.17) is 10.5 Å². The van der Waals surface area contributed by atoms with Crippen molar-refractivity contribution in [3.8, 4) is 11.3 Å². The molecule has 2 aliphatic heterocycles. The van der Waals surface area contributed by atoms with Gasteiger partial charge in [0.2, 0.25) is 5.91 Å². The molecular formula is C30H26F7N7O3. The van der Waals surface area contributed by atoms with Gasteiger partial charge in [-0.3, -0.25) is 14.0 Å². The summed E-state index contributed by atoms with van der Waals surface area (Å²) in [5.74, 6) is -3.49. The van der Waals surface area contributed by atoms with Crippen LogP contribution < -0.4 is 11.1 Å². The zero-order chi connectivity index (χ0) is 33.9. The van der Waals surface area contributed by atoms with Gasteiger partial charge in [0.1, 0.15) is 40.5 Å². The molecule has 10 nitrogen and oxygen atoms in total. The Morgan fingerprint density at radius 1 is 1.04 bits per heavy atom. The zero-order valence-corrected chi connectivity index (χ0v) is 24.5. The number of nitrogens with two attached hydrogens (primary N) is 1. The lowest BCUT2D eigenvalue weighted by atomic mass is 9.83. The molecule has 5 heterocycles. The number of imidazole rings is 1. The van der Waals surface area contributed by atoms with Crippen LogP contribution in [0.4, 0.5) is 42.4 Å². The summed E-state index contributed by atoms with van der Waals surface area (Å²) < 4.78 is 104. The van der Waals surface area contributed by atoms with Gasteiger partial charge >= 0.3 is 12.4 Å². The summed E-state index contributed by atoms with van der Waals surface area (Å²) in [5.41, 5.74) is 3.81. The molecule has 17 heteroatoms. The molecule has 2 fully saturated rings. The van der Waals surface area contributed by atoms with Crippen molar-refractivity contribution in [1.29, 1.82) is 0 Å². The van der Waals surface area contributed by atoms with Crippen molar-refractivity contribution in [3.05, 3.63) is 71.7 Å². The highest BCUT2D eigenvalue weighted by atomic mass is 19.4. The number of alkyl halides is 6. The number of nitrogens with one attached hydrogen (secondary N) is 1. The second kappa shape index (κ2) is 11.5. The molecule has 248 valence electrons. The second-order valence-electron chi connectivity index (χ2n) is 11.8. The third-order valence-corrected chi connectivity index (χ3v) is 8.37. The van der Waals surface area contributed by atoms with E-state index in [0.717, 1.165) is 23.2 Å². The maximum atomic E-state index is 15.6. The Labute approximate surface area is 261 Å². The van der Waals surface area contributed by atoms with Crippen LogP contribution >= 0.6 is 0 Å². The van der Waals surface area contributed by atoms with Crippen LogP contribution in [0.3, 0.4) is 0 Å². The number of carbonyl (C=O) groups excluding carboxylic acids is 2. The fourth-order valence-corrected chi connectivity index (χ4v) is 5.90. The molecule has 2 saturated heterocycles. The Kier molecular flexibility index (Phi) is 7.84. The molecule has 2 aliphatic rings. The van der Waals surface area contributed by atoms with E-state index in [9.17, 15) is 35.9 Å². The fraction of sp³-hybridized carbons (Fsp3) is 0.367. The number of anilines is 2. The summed E-state index contributed by atoms with van der Waals surface area (Å²) in [6.45, 7) is 1.23. The smallest absolute Gasteiger partial charge is 0.382 e. The Bertz CT molecular complexity index is 1870. The average Bonchev–Trinajstić information content (AvgIpc) is 3.39. The van der Waals surface area contributed by atoms with Gasteiger partial charge in [0.05, 0.1) is 24.2 Å². The van der Waals surface area contributed by atoms with E-state index in [1.54, 1.807) is 6.92 Å². The lowest BCUT2D eigenvalue weighted by Crippen LogP contribution is -2.61. The number of amides is 2. The number of fused-ring (bicyclic) bond motifs is 1. The maximum absolute atomic E-state index is 15.6. The summed E-state index contributed by atoms with van der Waals surface area (Å²) in [5, 5.41) is 2.20. The summed E-state index contributed by atoms with van der Waals surface area (Å²) in [7, 11) is 0. The lowest BCUT2D eigenvalue weighted by molar-refractivity contribution is -0.210. The molecule has 0 saturated carbocycles. The van der Waals surface area contributed by atoms with Crippen LogP contribution in [0.2, 0.25) is 0 Å². The first-order valence-corrected chi connectivity index (χ1v) is 14.3. The number of carbonyl (C=O) groups is 2. The van der Waals surface area contributed by atoms with E-state index < -0.39 is 58.7 Å². The number of piperidine rings is 1. The van der Waals surface area contributed by atoms with Crippen LogP contribution in [-0.4, -0.2) is 68.0 Å². The molecule has 2 atom stereocenters. The minimum atomic E-state index is -4.67. The standard InChI is InChI=1S/C30H26F7N7O3/c1-28(13-47-14-28)27(46)44-12-16(3-5-20(44)30(35,36)37)25-42-22(23-24(38)40-8-9-43(23)25)18-4-2-15(10-19(18)31)26(45)41-21-11-17(6-7-39-21)29(32,33)34/h2,4,6-11,16,20H,3,5,12-14H2,1H3,(H2,38,40)(H,39,41,45)/t16-,20-/m1/s1. The number of pyridine rings is 1. The first-order valence-electron chi connectivity index (χ1n) is 14.3. The van der Waals surface area contributed by atoms with E-state index in [-0.39, 0.29) is 66.6 Å². The summed E-state index contributed by atoms with van der Waals surface area (Å²) in [4.78, 5) is 39.3.